The van der Waals surface area contributed by atoms with Crippen LogP contribution in [-0.2, 0) is 17.6 Å². The molecule has 0 spiro atoms. The van der Waals surface area contributed by atoms with E-state index >= 15 is 0 Å². The van der Waals surface area contributed by atoms with Crippen molar-refractivity contribution in [2.75, 3.05) is 0 Å². The maximum Gasteiger partial charge on any atom is 0.320 e. The van der Waals surface area contributed by atoms with Crippen LogP contribution in [0, 0.1) is 0 Å². The second-order valence-corrected chi connectivity index (χ2v) is 4.25. The third-order valence-electron chi connectivity index (χ3n) is 2.92. The Morgan fingerprint density at radius 3 is 2.88 bits per heavy atom. The Morgan fingerprint density at radius 1 is 1.53 bits per heavy atom. The first-order valence-corrected chi connectivity index (χ1v) is 5.31. The van der Waals surface area contributed by atoms with Gasteiger partial charge in [-0.05, 0) is 29.2 Å². The lowest BCUT2D eigenvalue weighted by Gasteiger charge is -2.07. The summed E-state index contributed by atoms with van der Waals surface area (Å²) < 4.78 is 0. The lowest BCUT2D eigenvalue weighted by atomic mass is 10.0. The van der Waals surface area contributed by atoms with Crippen LogP contribution in [-0.4, -0.2) is 22.9 Å². The molecule has 17 heavy (non-hydrogen) atoms. The minimum absolute atomic E-state index is 0.0502. The van der Waals surface area contributed by atoms with Crippen LogP contribution >= 0.6 is 0 Å². The van der Waals surface area contributed by atoms with Gasteiger partial charge in [-0.1, -0.05) is 18.7 Å². The van der Waals surface area contributed by atoms with Crippen LogP contribution in [0.4, 0.5) is 0 Å². The molecule has 2 rings (SSSR count). The molecule has 1 aliphatic rings. The number of benzene rings is 1. The number of carboxylic acids is 1. The monoisotopic (exact) mass is 231 g/mol. The summed E-state index contributed by atoms with van der Waals surface area (Å²) in [4.78, 5) is 22.4. The molecule has 1 atom stereocenters. The number of allylic oxidation sites excluding steroid dienone is 1. The van der Waals surface area contributed by atoms with Crippen molar-refractivity contribution in [1.29, 1.82) is 0 Å². The third-order valence-corrected chi connectivity index (χ3v) is 2.92. The second-order valence-electron chi connectivity index (χ2n) is 4.25. The first-order valence-electron chi connectivity index (χ1n) is 5.31. The molecule has 3 N–H and O–H groups in total. The summed E-state index contributed by atoms with van der Waals surface area (Å²) >= 11 is 0. The maximum atomic E-state index is 11.7. The maximum absolute atomic E-state index is 11.7. The smallest absolute Gasteiger partial charge is 0.320 e. The summed E-state index contributed by atoms with van der Waals surface area (Å²) in [6.45, 7) is 3.70. The standard InChI is InChI=1S/C13H13NO3/c1-7-4-9-3-2-8(5-10(9)12(7)15)6-11(14)13(16)17/h2-3,5,11H,1,4,6,14H2,(H,16,17)/t11-/m0/s1. The molecule has 1 aromatic rings. The van der Waals surface area contributed by atoms with Gasteiger partial charge in [-0.25, -0.2) is 0 Å². The third kappa shape index (κ3) is 2.12. The van der Waals surface area contributed by atoms with Crippen molar-refractivity contribution in [2.24, 2.45) is 5.73 Å². The van der Waals surface area contributed by atoms with Crippen molar-refractivity contribution in [3.8, 4) is 0 Å². The van der Waals surface area contributed by atoms with E-state index in [1.807, 2.05) is 12.1 Å². The van der Waals surface area contributed by atoms with Gasteiger partial charge in [0.1, 0.15) is 6.04 Å². The highest BCUT2D eigenvalue weighted by atomic mass is 16.4. The molecule has 0 amide bonds. The first-order chi connectivity index (χ1) is 7.99. The lowest BCUT2D eigenvalue weighted by molar-refractivity contribution is -0.138. The zero-order valence-corrected chi connectivity index (χ0v) is 9.27. The Morgan fingerprint density at radius 2 is 2.24 bits per heavy atom. The summed E-state index contributed by atoms with van der Waals surface area (Å²) in [5.74, 6) is -1.09. The summed E-state index contributed by atoms with van der Waals surface area (Å²) in [6, 6.07) is 4.44. The zero-order valence-electron chi connectivity index (χ0n) is 9.27. The number of aliphatic carboxylic acids is 1. The van der Waals surface area contributed by atoms with E-state index in [0.717, 1.165) is 11.1 Å². The van der Waals surface area contributed by atoms with Crippen molar-refractivity contribution >= 4 is 11.8 Å². The molecule has 0 aliphatic heterocycles. The number of carbonyl (C=O) groups excluding carboxylic acids is 1. The van der Waals surface area contributed by atoms with Gasteiger partial charge < -0.3 is 10.8 Å². The van der Waals surface area contributed by atoms with E-state index < -0.39 is 12.0 Å². The molecule has 0 bridgehead atoms. The number of hydrogen-bond donors (Lipinski definition) is 2. The van der Waals surface area contributed by atoms with Gasteiger partial charge in [0.15, 0.2) is 5.78 Å². The fourth-order valence-electron chi connectivity index (χ4n) is 1.96. The summed E-state index contributed by atoms with van der Waals surface area (Å²) in [5.41, 5.74) is 8.38. The van der Waals surface area contributed by atoms with E-state index in [-0.39, 0.29) is 12.2 Å². The molecule has 0 fully saturated rings. The van der Waals surface area contributed by atoms with Crippen molar-refractivity contribution in [3.63, 3.8) is 0 Å². The van der Waals surface area contributed by atoms with Gasteiger partial charge in [0.25, 0.3) is 0 Å². The van der Waals surface area contributed by atoms with E-state index in [0.29, 0.717) is 17.6 Å². The van der Waals surface area contributed by atoms with Gasteiger partial charge in [0.2, 0.25) is 0 Å². The first kappa shape index (κ1) is 11.5. The largest absolute Gasteiger partial charge is 0.480 e. The number of ketones is 1. The van der Waals surface area contributed by atoms with Crippen LogP contribution in [0.15, 0.2) is 30.4 Å². The zero-order chi connectivity index (χ0) is 12.6. The topological polar surface area (TPSA) is 80.4 Å². The van der Waals surface area contributed by atoms with E-state index in [9.17, 15) is 9.59 Å². The predicted molar refractivity (Wildman–Crippen MR) is 62.9 cm³/mol. The Labute approximate surface area is 98.7 Å². The van der Waals surface area contributed by atoms with Gasteiger partial charge in [0.05, 0.1) is 0 Å². The van der Waals surface area contributed by atoms with E-state index in [4.69, 9.17) is 10.8 Å². The SMILES string of the molecule is C=C1Cc2ccc(C[C@H](N)C(=O)O)cc2C1=O. The van der Waals surface area contributed by atoms with Gasteiger partial charge in [-0.15, -0.1) is 0 Å². The number of Topliss-reactive ketones (excluding diaryl/α,β-unsaturated/α-hetero) is 1. The Hall–Kier alpha value is -1.94. The van der Waals surface area contributed by atoms with Crippen molar-refractivity contribution < 1.29 is 14.7 Å². The molecule has 0 saturated carbocycles. The highest BCUT2D eigenvalue weighted by molar-refractivity contribution is 6.12. The molecule has 4 nitrogen and oxygen atoms in total. The second kappa shape index (κ2) is 4.14. The van der Waals surface area contributed by atoms with Crippen LogP contribution in [0.1, 0.15) is 21.5 Å². The number of fused-ring (bicyclic) bond motifs is 1. The van der Waals surface area contributed by atoms with Crippen LogP contribution in [0.3, 0.4) is 0 Å². The van der Waals surface area contributed by atoms with Crippen LogP contribution in [0.2, 0.25) is 0 Å². The van der Waals surface area contributed by atoms with Gasteiger partial charge in [0, 0.05) is 12.0 Å². The lowest BCUT2D eigenvalue weighted by Crippen LogP contribution is -2.32. The molecular weight excluding hydrogens is 218 g/mol. The van der Waals surface area contributed by atoms with Crippen LogP contribution in [0.25, 0.3) is 0 Å². The minimum atomic E-state index is -1.04. The summed E-state index contributed by atoms with van der Waals surface area (Å²) in [6.07, 6.45) is 0.807. The fraction of sp³-hybridized carbons (Fsp3) is 0.231. The van der Waals surface area contributed by atoms with Crippen molar-refractivity contribution in [1.82, 2.24) is 0 Å². The number of carboxylic acid groups (broad SMARTS) is 1. The molecule has 0 heterocycles. The predicted octanol–water partition coefficient (Wildman–Crippen LogP) is 0.936. The molecular formula is C13H13NO3. The van der Waals surface area contributed by atoms with Crippen LogP contribution in [0.5, 0.6) is 0 Å². The van der Waals surface area contributed by atoms with Crippen LogP contribution < -0.4 is 5.73 Å². The Balaban J connectivity index is 2.26. The quantitative estimate of drug-likeness (QED) is 0.758. The van der Waals surface area contributed by atoms with Gasteiger partial charge >= 0.3 is 5.97 Å². The molecule has 0 unspecified atom stereocenters. The normalized spacial score (nSPS) is 15.8. The van der Waals surface area contributed by atoms with Crippen molar-refractivity contribution in [3.05, 3.63) is 47.0 Å². The van der Waals surface area contributed by atoms with E-state index in [1.165, 1.54) is 0 Å². The molecule has 0 aromatic heterocycles. The summed E-state index contributed by atoms with van der Waals surface area (Å²) in [5, 5.41) is 8.72. The number of hydrogen-bond acceptors (Lipinski definition) is 3. The molecule has 4 heteroatoms. The number of carbonyl (C=O) groups is 2. The highest BCUT2D eigenvalue weighted by Crippen LogP contribution is 2.26. The highest BCUT2D eigenvalue weighted by Gasteiger charge is 2.23. The Bertz CT molecular complexity index is 519. The average molecular weight is 231 g/mol. The van der Waals surface area contributed by atoms with Crippen molar-refractivity contribution in [2.45, 2.75) is 18.9 Å². The molecule has 1 aliphatic carbocycles. The van der Waals surface area contributed by atoms with E-state index in [1.54, 1.807) is 6.07 Å². The summed E-state index contributed by atoms with van der Waals surface area (Å²) in [7, 11) is 0. The number of rotatable bonds is 3. The average Bonchev–Trinajstić information content (AvgIpc) is 2.55. The molecule has 88 valence electrons. The Kier molecular flexibility index (Phi) is 2.81. The minimum Gasteiger partial charge on any atom is -0.480 e. The molecule has 0 radical (unpaired) electrons. The molecule has 0 saturated heterocycles. The fourth-order valence-corrected chi connectivity index (χ4v) is 1.96. The van der Waals surface area contributed by atoms with Gasteiger partial charge in [-0.2, -0.15) is 0 Å². The number of nitrogens with two attached hydrogens (primary N) is 1. The molecule has 1 aromatic carbocycles. The van der Waals surface area contributed by atoms with Gasteiger partial charge in [-0.3, -0.25) is 9.59 Å². The van der Waals surface area contributed by atoms with E-state index in [2.05, 4.69) is 6.58 Å².